The molecule has 318 valence electrons. The number of hydrogen-bond donors (Lipinski definition) is 16. The second-order valence-electron chi connectivity index (χ2n) is 15.8. The number of nitrogens with two attached hydrogens (primary N) is 5. The predicted molar refractivity (Wildman–Crippen MR) is 185 cm³/mol. The third-order valence-electron chi connectivity index (χ3n) is 11.7. The summed E-state index contributed by atoms with van der Waals surface area (Å²) in [5.41, 5.74) is 28.8. The van der Waals surface area contributed by atoms with Crippen molar-refractivity contribution in [3.05, 3.63) is 0 Å². The first kappa shape index (κ1) is 43.2. The van der Waals surface area contributed by atoms with Gasteiger partial charge in [-0.05, 0) is 31.7 Å². The summed E-state index contributed by atoms with van der Waals surface area (Å²) in [5.74, 6) is -0.408. The lowest BCUT2D eigenvalue weighted by molar-refractivity contribution is -0.308. The van der Waals surface area contributed by atoms with E-state index in [2.05, 4.69) is 16.0 Å². The molecular formula is C32H60N8O15. The molecule has 19 atom stereocenters. The zero-order chi connectivity index (χ0) is 39.9. The normalized spacial score (nSPS) is 49.9. The zero-order valence-electron chi connectivity index (χ0n) is 30.3. The number of carbonyl (C=O) groups excluding carboxylic acids is 1. The van der Waals surface area contributed by atoms with Crippen LogP contribution in [0.25, 0.3) is 0 Å². The predicted octanol–water partition coefficient (Wildman–Crippen LogP) is -10.0. The van der Waals surface area contributed by atoms with Gasteiger partial charge in [0, 0.05) is 38.3 Å². The van der Waals surface area contributed by atoms with Gasteiger partial charge in [0.1, 0.15) is 73.2 Å². The summed E-state index contributed by atoms with van der Waals surface area (Å²) in [5, 5.41) is 95.1. The maximum atomic E-state index is 13.0. The highest BCUT2D eigenvalue weighted by atomic mass is 16.8. The molecule has 23 heteroatoms. The van der Waals surface area contributed by atoms with E-state index in [1.54, 1.807) is 0 Å². The Labute approximate surface area is 317 Å². The Morgan fingerprint density at radius 3 is 1.84 bits per heavy atom. The second kappa shape index (κ2) is 17.9. The quantitative estimate of drug-likeness (QED) is 0.0776. The fourth-order valence-electron chi connectivity index (χ4n) is 8.03. The third kappa shape index (κ3) is 8.97. The highest BCUT2D eigenvalue weighted by molar-refractivity contribution is 5.87. The van der Waals surface area contributed by atoms with Gasteiger partial charge in [-0.25, -0.2) is 0 Å². The topological polar surface area (TPSA) is 400 Å². The number of ether oxygens (including phenoxy) is 6. The number of rotatable bonds is 14. The van der Waals surface area contributed by atoms with Gasteiger partial charge >= 0.3 is 0 Å². The largest absolute Gasteiger partial charge is 0.394 e. The summed E-state index contributed by atoms with van der Waals surface area (Å²) in [7, 11) is 0. The number of carbonyl (C=O) groups is 1. The standard InChI is InChI=1S/C32H60N8O15/c33-4-14-20(43)22(45)17(36)28(50-14)54-26-16(7-41)52-30(24(26)47)55-27-19(42)13(40-31(48)32(49)8-39-9-32)3-12(35)25(27)53-29-18(37)23(46)21(44)15(51-29)6-38-5-10-1-11(34)2-10/h10-30,38-39,41-47,49H,1-9,33-37H2,(H,40,48)/t10?,11?,12-,13+,14-,15+,16+,17+,18+,19-,20+,21+,22+,23+,24+,25+,26+,27+,28+,29+,30-/m0/s1. The minimum Gasteiger partial charge on any atom is -0.394 e. The van der Waals surface area contributed by atoms with Crippen molar-refractivity contribution in [3.63, 3.8) is 0 Å². The molecule has 1 amide bonds. The Morgan fingerprint density at radius 2 is 1.27 bits per heavy atom. The SMILES string of the molecule is NC[C@@H]1O[C@H](O[C@H]2[C@@H](O)[C@H](O[C@@H]3[C@@H](O)[C@H](NC(=O)C4(O)CNC4)C[C@H](N)[C@H]3O[C@H]3O[C@H](CNCC4CC(N)C4)[C@@H](O)[C@H](O)[C@H]3N)O[C@@H]2CO)[C@H](N)[C@@H](O)[C@@H]1O. The van der Waals surface area contributed by atoms with Crippen molar-refractivity contribution in [3.8, 4) is 0 Å². The molecular weight excluding hydrogens is 736 g/mol. The maximum Gasteiger partial charge on any atom is 0.254 e. The van der Waals surface area contributed by atoms with Crippen LogP contribution in [0.3, 0.4) is 0 Å². The fraction of sp³-hybridized carbons (Fsp3) is 0.969. The van der Waals surface area contributed by atoms with Crippen LogP contribution in [-0.4, -0.2) is 214 Å². The van der Waals surface area contributed by atoms with Crippen LogP contribution in [0.15, 0.2) is 0 Å². The van der Waals surface area contributed by atoms with E-state index < -0.39 is 134 Å². The smallest absolute Gasteiger partial charge is 0.254 e. The van der Waals surface area contributed by atoms with Gasteiger partial charge in [0.25, 0.3) is 5.91 Å². The zero-order valence-corrected chi connectivity index (χ0v) is 30.3. The van der Waals surface area contributed by atoms with Crippen molar-refractivity contribution in [2.75, 3.05) is 39.3 Å². The first-order chi connectivity index (χ1) is 26.1. The van der Waals surface area contributed by atoms with Crippen molar-refractivity contribution in [2.45, 2.75) is 147 Å². The van der Waals surface area contributed by atoms with Gasteiger partial charge in [-0.1, -0.05) is 0 Å². The van der Waals surface area contributed by atoms with Crippen molar-refractivity contribution in [1.29, 1.82) is 0 Å². The van der Waals surface area contributed by atoms with Crippen LogP contribution in [0.1, 0.15) is 19.3 Å². The van der Waals surface area contributed by atoms with Gasteiger partial charge in [0.05, 0.1) is 24.7 Å². The molecule has 55 heavy (non-hydrogen) atoms. The molecule has 23 nitrogen and oxygen atoms in total. The Balaban J connectivity index is 1.19. The molecule has 0 aromatic carbocycles. The summed E-state index contributed by atoms with van der Waals surface area (Å²) in [6.07, 6.45) is -19.6. The first-order valence-corrected chi connectivity index (χ1v) is 18.9. The summed E-state index contributed by atoms with van der Waals surface area (Å²) in [6, 6.07) is -4.60. The highest BCUT2D eigenvalue weighted by Crippen LogP contribution is 2.35. The van der Waals surface area contributed by atoms with Gasteiger partial charge < -0.3 is 114 Å². The molecule has 4 heterocycles. The molecule has 0 radical (unpaired) electrons. The first-order valence-electron chi connectivity index (χ1n) is 18.9. The Bertz CT molecular complexity index is 1270. The molecule has 6 fully saturated rings. The maximum absolute atomic E-state index is 13.0. The van der Waals surface area contributed by atoms with Gasteiger partial charge in [-0.3, -0.25) is 4.79 Å². The number of amides is 1. The molecule has 4 saturated heterocycles. The molecule has 6 aliphatic rings. The summed E-state index contributed by atoms with van der Waals surface area (Å²) >= 11 is 0. The molecule has 2 saturated carbocycles. The molecule has 4 aliphatic heterocycles. The second-order valence-corrected chi connectivity index (χ2v) is 15.8. The van der Waals surface area contributed by atoms with Crippen LogP contribution in [0.2, 0.25) is 0 Å². The van der Waals surface area contributed by atoms with Crippen LogP contribution in [0.4, 0.5) is 0 Å². The molecule has 0 spiro atoms. The van der Waals surface area contributed by atoms with E-state index in [9.17, 15) is 45.6 Å². The highest BCUT2D eigenvalue weighted by Gasteiger charge is 2.55. The lowest BCUT2D eigenvalue weighted by atomic mass is 9.81. The monoisotopic (exact) mass is 796 g/mol. The van der Waals surface area contributed by atoms with Gasteiger partial charge in [-0.2, -0.15) is 0 Å². The van der Waals surface area contributed by atoms with Gasteiger partial charge in [-0.15, -0.1) is 0 Å². The summed E-state index contributed by atoms with van der Waals surface area (Å²) in [4.78, 5) is 13.0. The molecule has 0 bridgehead atoms. The lowest BCUT2D eigenvalue weighted by Crippen LogP contribution is -2.72. The van der Waals surface area contributed by atoms with Crippen LogP contribution in [0, 0.1) is 5.92 Å². The van der Waals surface area contributed by atoms with E-state index in [0.717, 1.165) is 12.8 Å². The van der Waals surface area contributed by atoms with E-state index in [4.69, 9.17) is 57.1 Å². The summed E-state index contributed by atoms with van der Waals surface area (Å²) in [6.45, 7) is -0.201. The number of aliphatic hydroxyl groups is 8. The van der Waals surface area contributed by atoms with Crippen LogP contribution < -0.4 is 44.6 Å². The molecule has 0 aromatic rings. The minimum atomic E-state index is -1.72. The molecule has 21 N–H and O–H groups in total. The van der Waals surface area contributed by atoms with Crippen molar-refractivity contribution in [2.24, 2.45) is 34.6 Å². The fourth-order valence-corrected chi connectivity index (χ4v) is 8.03. The molecule has 2 aliphatic carbocycles. The van der Waals surface area contributed by atoms with Crippen LogP contribution >= 0.6 is 0 Å². The Kier molecular flexibility index (Phi) is 14.0. The molecule has 6 rings (SSSR count). The van der Waals surface area contributed by atoms with Gasteiger partial charge in [0.2, 0.25) is 0 Å². The van der Waals surface area contributed by atoms with E-state index in [0.29, 0.717) is 12.5 Å². The van der Waals surface area contributed by atoms with E-state index in [-0.39, 0.29) is 38.6 Å². The van der Waals surface area contributed by atoms with E-state index in [1.165, 1.54) is 0 Å². The van der Waals surface area contributed by atoms with Crippen LogP contribution in [-0.2, 0) is 33.2 Å². The minimum absolute atomic E-state index is 0.0168. The summed E-state index contributed by atoms with van der Waals surface area (Å²) < 4.78 is 35.8. The van der Waals surface area contributed by atoms with Gasteiger partial charge in [0.15, 0.2) is 24.5 Å². The molecule has 0 aromatic heterocycles. The third-order valence-corrected chi connectivity index (χ3v) is 11.7. The van der Waals surface area contributed by atoms with E-state index in [1.807, 2.05) is 0 Å². The van der Waals surface area contributed by atoms with Crippen molar-refractivity contribution >= 4 is 5.91 Å². The Hall–Kier alpha value is -1.37. The average Bonchev–Trinajstić information content (AvgIpc) is 3.43. The Morgan fingerprint density at radius 1 is 0.709 bits per heavy atom. The lowest BCUT2D eigenvalue weighted by Gasteiger charge is -2.48. The van der Waals surface area contributed by atoms with Crippen molar-refractivity contribution < 1.29 is 74.1 Å². The number of nitrogens with one attached hydrogen (secondary N) is 3. The number of β-amino-alcohol motifs (C(OH)–C–C–N with tert-alkyl or cyclic N) is 1. The van der Waals surface area contributed by atoms with E-state index >= 15 is 0 Å². The average molecular weight is 797 g/mol. The number of hydrogen-bond acceptors (Lipinski definition) is 22. The molecule has 0 unspecified atom stereocenters. The number of aliphatic hydroxyl groups excluding tert-OH is 7. The van der Waals surface area contributed by atoms with Crippen molar-refractivity contribution in [1.82, 2.24) is 16.0 Å². The van der Waals surface area contributed by atoms with Crippen LogP contribution in [0.5, 0.6) is 0 Å².